The van der Waals surface area contributed by atoms with E-state index in [-0.39, 0.29) is 5.91 Å². The van der Waals surface area contributed by atoms with Crippen molar-refractivity contribution in [3.8, 4) is 0 Å². The third kappa shape index (κ3) is 3.80. The number of carbonyl (C=O) groups is 1. The normalized spacial score (nSPS) is 19.4. The number of nitrogens with one attached hydrogen (secondary N) is 1. The monoisotopic (exact) mass is 265 g/mol. The summed E-state index contributed by atoms with van der Waals surface area (Å²) in [5.74, 6) is 0.654. The van der Waals surface area contributed by atoms with E-state index in [1.54, 1.807) is 13.0 Å². The summed E-state index contributed by atoms with van der Waals surface area (Å²) >= 11 is 0. The van der Waals surface area contributed by atoms with E-state index < -0.39 is 0 Å². The summed E-state index contributed by atoms with van der Waals surface area (Å²) in [4.78, 5) is 14.3. The maximum atomic E-state index is 12.4. The fraction of sp³-hybridized carbons (Fsp3) is 0.714. The second-order valence-electron chi connectivity index (χ2n) is 5.22. The smallest absolute Gasteiger partial charge is 0.276 e. The van der Waals surface area contributed by atoms with Gasteiger partial charge in [0.2, 0.25) is 0 Å². The molecule has 1 N–H and O–H groups in total. The van der Waals surface area contributed by atoms with Gasteiger partial charge in [0.05, 0.1) is 0 Å². The first kappa shape index (κ1) is 14.1. The molecule has 1 saturated heterocycles. The van der Waals surface area contributed by atoms with Crippen molar-refractivity contribution in [2.24, 2.45) is 0 Å². The summed E-state index contributed by atoms with van der Waals surface area (Å²) in [6.07, 6.45) is 4.58. The topological polar surface area (TPSA) is 58.4 Å². The fourth-order valence-electron chi connectivity index (χ4n) is 2.52. The number of amides is 1. The highest BCUT2D eigenvalue weighted by atomic mass is 16.5. The zero-order valence-electron chi connectivity index (χ0n) is 11.8. The number of hydrogen-bond donors (Lipinski definition) is 1. The van der Waals surface area contributed by atoms with Gasteiger partial charge in [0.1, 0.15) is 5.76 Å². The zero-order chi connectivity index (χ0) is 13.7. The Morgan fingerprint density at radius 1 is 1.58 bits per heavy atom. The molecule has 2 rings (SSSR count). The Morgan fingerprint density at radius 2 is 2.42 bits per heavy atom. The molecule has 5 nitrogen and oxygen atoms in total. The molecule has 1 fully saturated rings. The summed E-state index contributed by atoms with van der Waals surface area (Å²) in [5, 5.41) is 7.31. The third-order valence-electron chi connectivity index (χ3n) is 3.48. The van der Waals surface area contributed by atoms with Gasteiger partial charge in [-0.3, -0.25) is 4.79 Å². The van der Waals surface area contributed by atoms with E-state index in [2.05, 4.69) is 17.4 Å². The highest BCUT2D eigenvalue weighted by Crippen LogP contribution is 2.12. The molecule has 0 saturated carbocycles. The van der Waals surface area contributed by atoms with Crippen LogP contribution in [0.25, 0.3) is 0 Å². The number of aromatic nitrogens is 1. The zero-order valence-corrected chi connectivity index (χ0v) is 11.8. The number of piperidine rings is 1. The van der Waals surface area contributed by atoms with Crippen LogP contribution in [0, 0.1) is 6.92 Å². The van der Waals surface area contributed by atoms with Gasteiger partial charge in [0, 0.05) is 25.2 Å². The van der Waals surface area contributed by atoms with Gasteiger partial charge in [-0.2, -0.15) is 0 Å². The fourth-order valence-corrected chi connectivity index (χ4v) is 2.52. The van der Waals surface area contributed by atoms with Crippen LogP contribution in [-0.4, -0.2) is 41.6 Å². The van der Waals surface area contributed by atoms with Gasteiger partial charge in [0.25, 0.3) is 5.91 Å². The lowest BCUT2D eigenvalue weighted by Crippen LogP contribution is -2.46. The van der Waals surface area contributed by atoms with Crippen molar-refractivity contribution in [3.05, 3.63) is 17.5 Å². The first-order valence-corrected chi connectivity index (χ1v) is 7.16. The molecule has 2 heterocycles. The molecule has 106 valence electrons. The van der Waals surface area contributed by atoms with Crippen molar-refractivity contribution in [1.29, 1.82) is 0 Å². The lowest BCUT2D eigenvalue weighted by Gasteiger charge is -2.30. The summed E-state index contributed by atoms with van der Waals surface area (Å²) in [5.41, 5.74) is 0.418. The first-order valence-electron chi connectivity index (χ1n) is 7.16. The molecule has 0 bridgehead atoms. The predicted molar refractivity (Wildman–Crippen MR) is 73.1 cm³/mol. The van der Waals surface area contributed by atoms with Crippen molar-refractivity contribution in [1.82, 2.24) is 15.4 Å². The molecular weight excluding hydrogens is 242 g/mol. The van der Waals surface area contributed by atoms with Gasteiger partial charge in [-0.25, -0.2) is 0 Å². The van der Waals surface area contributed by atoms with Gasteiger partial charge < -0.3 is 14.7 Å². The van der Waals surface area contributed by atoms with Gasteiger partial charge in [-0.1, -0.05) is 18.5 Å². The minimum absolute atomic E-state index is 0.0222. The van der Waals surface area contributed by atoms with Gasteiger partial charge in [-0.15, -0.1) is 0 Å². The molecule has 1 aromatic heterocycles. The maximum Gasteiger partial charge on any atom is 0.276 e. The Bertz CT molecular complexity index is 411. The molecule has 0 aliphatic carbocycles. The molecule has 1 amide bonds. The SMILES string of the molecule is CCCN(CC1CCCCN1)C(=O)c1cc(C)on1. The maximum absolute atomic E-state index is 12.4. The molecule has 0 spiro atoms. The molecule has 1 aromatic rings. The second kappa shape index (κ2) is 6.70. The summed E-state index contributed by atoms with van der Waals surface area (Å²) in [7, 11) is 0. The highest BCUT2D eigenvalue weighted by molar-refractivity contribution is 5.92. The highest BCUT2D eigenvalue weighted by Gasteiger charge is 2.23. The van der Waals surface area contributed by atoms with Crippen LogP contribution < -0.4 is 5.32 Å². The Balaban J connectivity index is 1.99. The lowest BCUT2D eigenvalue weighted by molar-refractivity contribution is 0.0721. The van der Waals surface area contributed by atoms with E-state index in [1.165, 1.54) is 12.8 Å². The van der Waals surface area contributed by atoms with Gasteiger partial charge in [0.15, 0.2) is 5.69 Å². The van der Waals surface area contributed by atoms with Crippen LogP contribution >= 0.6 is 0 Å². The van der Waals surface area contributed by atoms with Gasteiger partial charge in [-0.05, 0) is 32.7 Å². The van der Waals surface area contributed by atoms with Crippen LogP contribution in [0.2, 0.25) is 0 Å². The van der Waals surface area contributed by atoms with E-state index in [1.807, 2.05) is 4.90 Å². The van der Waals surface area contributed by atoms with Crippen molar-refractivity contribution in [2.45, 2.75) is 45.6 Å². The van der Waals surface area contributed by atoms with Crippen LogP contribution in [0.4, 0.5) is 0 Å². The van der Waals surface area contributed by atoms with E-state index in [0.29, 0.717) is 17.5 Å². The van der Waals surface area contributed by atoms with E-state index in [9.17, 15) is 4.79 Å². The quantitative estimate of drug-likeness (QED) is 0.884. The van der Waals surface area contributed by atoms with Crippen molar-refractivity contribution in [2.75, 3.05) is 19.6 Å². The van der Waals surface area contributed by atoms with Crippen LogP contribution in [0.15, 0.2) is 10.6 Å². The average molecular weight is 265 g/mol. The van der Waals surface area contributed by atoms with Crippen LogP contribution in [-0.2, 0) is 0 Å². The first-order chi connectivity index (χ1) is 9.20. The average Bonchev–Trinajstić information content (AvgIpc) is 2.85. The molecule has 5 heteroatoms. The Labute approximate surface area is 114 Å². The number of nitrogens with zero attached hydrogens (tertiary/aromatic N) is 2. The Kier molecular flexibility index (Phi) is 4.96. The van der Waals surface area contributed by atoms with Gasteiger partial charge >= 0.3 is 0 Å². The summed E-state index contributed by atoms with van der Waals surface area (Å²) < 4.78 is 4.99. The molecule has 0 aromatic carbocycles. The van der Waals surface area contributed by atoms with Crippen LogP contribution in [0.1, 0.15) is 48.9 Å². The minimum atomic E-state index is -0.0222. The number of aryl methyl sites for hydroxylation is 1. The second-order valence-corrected chi connectivity index (χ2v) is 5.22. The molecular formula is C14H23N3O2. The number of carbonyl (C=O) groups excluding carboxylic acids is 1. The predicted octanol–water partition coefficient (Wildman–Crippen LogP) is 1.98. The third-order valence-corrected chi connectivity index (χ3v) is 3.48. The summed E-state index contributed by atoms with van der Waals surface area (Å²) in [6, 6.07) is 2.12. The molecule has 1 aliphatic heterocycles. The summed E-state index contributed by atoms with van der Waals surface area (Å²) in [6.45, 7) is 6.47. The molecule has 1 unspecified atom stereocenters. The van der Waals surface area contributed by atoms with Crippen LogP contribution in [0.3, 0.4) is 0 Å². The van der Waals surface area contributed by atoms with E-state index >= 15 is 0 Å². The van der Waals surface area contributed by atoms with Crippen molar-refractivity contribution in [3.63, 3.8) is 0 Å². The molecule has 19 heavy (non-hydrogen) atoms. The Morgan fingerprint density at radius 3 is 3.00 bits per heavy atom. The largest absolute Gasteiger partial charge is 0.361 e. The van der Waals surface area contributed by atoms with Crippen molar-refractivity contribution >= 4 is 5.91 Å². The molecule has 0 radical (unpaired) electrons. The minimum Gasteiger partial charge on any atom is -0.361 e. The molecule has 1 aliphatic rings. The lowest BCUT2D eigenvalue weighted by atomic mass is 10.0. The van der Waals surface area contributed by atoms with E-state index in [4.69, 9.17) is 4.52 Å². The number of rotatable bonds is 5. The Hall–Kier alpha value is -1.36. The van der Waals surface area contributed by atoms with E-state index in [0.717, 1.165) is 32.5 Å². The van der Waals surface area contributed by atoms with Crippen LogP contribution in [0.5, 0.6) is 0 Å². The standard InChI is InChI=1S/C14H23N3O2/c1-3-8-17(10-12-6-4-5-7-15-12)14(18)13-9-11(2)19-16-13/h9,12,15H,3-8,10H2,1-2H3. The molecule has 1 atom stereocenters. The number of hydrogen-bond acceptors (Lipinski definition) is 4. The van der Waals surface area contributed by atoms with Crippen molar-refractivity contribution < 1.29 is 9.32 Å².